The Kier molecular flexibility index (Phi) is 5.66. The first-order valence-corrected chi connectivity index (χ1v) is 8.83. The molecule has 3 aromatic carbocycles. The lowest BCUT2D eigenvalue weighted by atomic mass is 10.2. The SMILES string of the molecule is O=C(Nc1ccccc1)c1ccccc1Sc1ccc([N+](=O)[O-])cc1[N+](=O)[O-]. The molecule has 0 saturated heterocycles. The highest BCUT2D eigenvalue weighted by Gasteiger charge is 2.22. The lowest BCUT2D eigenvalue weighted by molar-refractivity contribution is -0.396. The number of amides is 1. The summed E-state index contributed by atoms with van der Waals surface area (Å²) in [7, 11) is 0. The van der Waals surface area contributed by atoms with Crippen molar-refractivity contribution in [1.82, 2.24) is 0 Å². The molecule has 140 valence electrons. The predicted octanol–water partition coefficient (Wildman–Crippen LogP) is 4.91. The van der Waals surface area contributed by atoms with E-state index in [0.29, 0.717) is 16.1 Å². The summed E-state index contributed by atoms with van der Waals surface area (Å²) in [6.07, 6.45) is 0. The second kappa shape index (κ2) is 8.31. The summed E-state index contributed by atoms with van der Waals surface area (Å²) in [5, 5.41) is 25.0. The van der Waals surface area contributed by atoms with Crippen LogP contribution in [0, 0.1) is 20.2 Å². The van der Waals surface area contributed by atoms with E-state index in [-0.39, 0.29) is 16.5 Å². The van der Waals surface area contributed by atoms with Gasteiger partial charge in [-0.05, 0) is 30.3 Å². The Balaban J connectivity index is 1.93. The summed E-state index contributed by atoms with van der Waals surface area (Å²) in [6, 6.07) is 19.0. The van der Waals surface area contributed by atoms with Crippen molar-refractivity contribution in [2.75, 3.05) is 5.32 Å². The van der Waals surface area contributed by atoms with Gasteiger partial charge in [-0.25, -0.2) is 0 Å². The molecule has 0 fully saturated rings. The van der Waals surface area contributed by atoms with Gasteiger partial charge in [-0.15, -0.1) is 0 Å². The molecule has 1 N–H and O–H groups in total. The molecule has 8 nitrogen and oxygen atoms in total. The fourth-order valence-electron chi connectivity index (χ4n) is 2.43. The van der Waals surface area contributed by atoms with E-state index in [2.05, 4.69) is 5.32 Å². The maximum absolute atomic E-state index is 12.6. The Morgan fingerprint density at radius 3 is 2.18 bits per heavy atom. The maximum atomic E-state index is 12.6. The standard InChI is InChI=1S/C19H13N3O5S/c23-19(20-13-6-2-1-3-7-13)15-8-4-5-9-17(15)28-18-11-10-14(21(24)25)12-16(18)22(26)27/h1-12H,(H,20,23). The molecule has 9 heteroatoms. The molecule has 0 aliphatic rings. The van der Waals surface area contributed by atoms with Crippen molar-refractivity contribution in [3.8, 4) is 0 Å². The van der Waals surface area contributed by atoms with E-state index < -0.39 is 15.5 Å². The van der Waals surface area contributed by atoms with Gasteiger partial charge in [-0.1, -0.05) is 42.1 Å². The van der Waals surface area contributed by atoms with Crippen molar-refractivity contribution in [1.29, 1.82) is 0 Å². The highest BCUT2D eigenvalue weighted by molar-refractivity contribution is 7.99. The zero-order valence-electron chi connectivity index (χ0n) is 14.3. The van der Waals surface area contributed by atoms with Crippen molar-refractivity contribution >= 4 is 34.7 Å². The van der Waals surface area contributed by atoms with E-state index in [1.165, 1.54) is 12.1 Å². The third-order valence-corrected chi connectivity index (χ3v) is 4.87. The maximum Gasteiger partial charge on any atom is 0.290 e. The normalized spacial score (nSPS) is 10.3. The first-order valence-electron chi connectivity index (χ1n) is 8.02. The van der Waals surface area contributed by atoms with Gasteiger partial charge in [0, 0.05) is 16.6 Å². The average molecular weight is 395 g/mol. The predicted molar refractivity (Wildman–Crippen MR) is 105 cm³/mol. The van der Waals surface area contributed by atoms with E-state index in [0.717, 1.165) is 17.8 Å². The minimum absolute atomic E-state index is 0.204. The molecule has 3 rings (SSSR count). The van der Waals surface area contributed by atoms with E-state index in [1.807, 2.05) is 6.07 Å². The van der Waals surface area contributed by atoms with Crippen LogP contribution in [0.3, 0.4) is 0 Å². The van der Waals surface area contributed by atoms with Gasteiger partial charge in [0.2, 0.25) is 0 Å². The van der Waals surface area contributed by atoms with Crippen LogP contribution < -0.4 is 5.32 Å². The third-order valence-electron chi connectivity index (χ3n) is 3.73. The Bertz CT molecular complexity index is 1060. The second-order valence-electron chi connectivity index (χ2n) is 5.58. The number of hydrogen-bond donors (Lipinski definition) is 1. The number of carbonyl (C=O) groups excluding carboxylic acids is 1. The van der Waals surface area contributed by atoms with E-state index in [9.17, 15) is 25.0 Å². The topological polar surface area (TPSA) is 115 Å². The zero-order valence-corrected chi connectivity index (χ0v) is 15.1. The number of nitrogens with one attached hydrogen (secondary N) is 1. The minimum atomic E-state index is -0.692. The Morgan fingerprint density at radius 2 is 1.50 bits per heavy atom. The summed E-state index contributed by atoms with van der Waals surface area (Å²) in [4.78, 5) is 34.2. The lowest BCUT2D eigenvalue weighted by Gasteiger charge is -2.10. The molecule has 0 atom stereocenters. The fourth-order valence-corrected chi connectivity index (χ4v) is 3.46. The van der Waals surface area contributed by atoms with Gasteiger partial charge in [0.1, 0.15) is 0 Å². The minimum Gasteiger partial charge on any atom is -0.322 e. The number of rotatable bonds is 6. The summed E-state index contributed by atoms with van der Waals surface area (Å²) in [5.74, 6) is -0.362. The molecule has 0 spiro atoms. The lowest BCUT2D eigenvalue weighted by Crippen LogP contribution is -2.12. The van der Waals surface area contributed by atoms with Gasteiger partial charge in [0.25, 0.3) is 17.3 Å². The quantitative estimate of drug-likeness (QED) is 0.468. The van der Waals surface area contributed by atoms with Gasteiger partial charge in [-0.3, -0.25) is 25.0 Å². The van der Waals surface area contributed by atoms with Crippen LogP contribution in [-0.2, 0) is 0 Å². The monoisotopic (exact) mass is 395 g/mol. The summed E-state index contributed by atoms with van der Waals surface area (Å²) in [6.45, 7) is 0. The summed E-state index contributed by atoms with van der Waals surface area (Å²) >= 11 is 1.00. The van der Waals surface area contributed by atoms with Gasteiger partial charge < -0.3 is 5.32 Å². The molecule has 0 aliphatic heterocycles. The van der Waals surface area contributed by atoms with Crippen LogP contribution in [0.25, 0.3) is 0 Å². The summed E-state index contributed by atoms with van der Waals surface area (Å²) < 4.78 is 0. The number of benzene rings is 3. The van der Waals surface area contributed by atoms with Gasteiger partial charge in [0.15, 0.2) is 0 Å². The highest BCUT2D eigenvalue weighted by Crippen LogP contribution is 2.38. The van der Waals surface area contributed by atoms with Crippen molar-refractivity contribution in [2.24, 2.45) is 0 Å². The Labute approximate surface area is 163 Å². The molecular weight excluding hydrogens is 382 g/mol. The van der Waals surface area contributed by atoms with Gasteiger partial charge in [-0.2, -0.15) is 0 Å². The van der Waals surface area contributed by atoms with Crippen LogP contribution in [0.1, 0.15) is 10.4 Å². The van der Waals surface area contributed by atoms with Crippen molar-refractivity contribution < 1.29 is 14.6 Å². The molecule has 0 heterocycles. The summed E-state index contributed by atoms with van der Waals surface area (Å²) in [5.41, 5.74) is 0.196. The number of anilines is 1. The molecule has 28 heavy (non-hydrogen) atoms. The van der Waals surface area contributed by atoms with Crippen molar-refractivity contribution in [3.05, 3.63) is 98.6 Å². The van der Waals surface area contributed by atoms with E-state index in [4.69, 9.17) is 0 Å². The molecule has 0 aromatic heterocycles. The van der Waals surface area contributed by atoms with Crippen molar-refractivity contribution in [3.63, 3.8) is 0 Å². The number of nitro benzene ring substituents is 2. The molecule has 0 radical (unpaired) electrons. The number of carbonyl (C=O) groups is 1. The first kappa shape index (κ1) is 19.1. The number of para-hydroxylation sites is 1. The molecule has 0 saturated carbocycles. The Hall–Kier alpha value is -3.72. The van der Waals surface area contributed by atoms with Gasteiger partial charge in [0.05, 0.1) is 26.4 Å². The van der Waals surface area contributed by atoms with Crippen LogP contribution in [-0.4, -0.2) is 15.8 Å². The van der Waals surface area contributed by atoms with E-state index in [1.54, 1.807) is 48.5 Å². The fraction of sp³-hybridized carbons (Fsp3) is 0. The number of hydrogen-bond acceptors (Lipinski definition) is 6. The second-order valence-corrected chi connectivity index (χ2v) is 6.67. The molecule has 1 amide bonds. The largest absolute Gasteiger partial charge is 0.322 e. The van der Waals surface area contributed by atoms with Crippen LogP contribution in [0.5, 0.6) is 0 Å². The number of non-ortho nitro benzene ring substituents is 1. The first-order chi connectivity index (χ1) is 13.5. The molecule has 0 aliphatic carbocycles. The molecule has 3 aromatic rings. The molecule has 0 bridgehead atoms. The van der Waals surface area contributed by atoms with Crippen LogP contribution in [0.4, 0.5) is 17.1 Å². The Morgan fingerprint density at radius 1 is 0.821 bits per heavy atom. The third kappa shape index (κ3) is 4.33. The van der Waals surface area contributed by atoms with Crippen LogP contribution in [0.2, 0.25) is 0 Å². The molecule has 0 unspecified atom stereocenters. The van der Waals surface area contributed by atoms with Crippen LogP contribution >= 0.6 is 11.8 Å². The highest BCUT2D eigenvalue weighted by atomic mass is 32.2. The van der Waals surface area contributed by atoms with E-state index >= 15 is 0 Å². The van der Waals surface area contributed by atoms with Gasteiger partial charge >= 0.3 is 0 Å². The average Bonchev–Trinajstić information content (AvgIpc) is 2.69. The number of nitrogens with zero attached hydrogens (tertiary/aromatic N) is 2. The smallest absolute Gasteiger partial charge is 0.290 e. The zero-order chi connectivity index (χ0) is 20.1. The number of nitro groups is 2. The van der Waals surface area contributed by atoms with Crippen LogP contribution in [0.15, 0.2) is 82.6 Å². The molecular formula is C19H13N3O5S. The van der Waals surface area contributed by atoms with Crippen molar-refractivity contribution in [2.45, 2.75) is 9.79 Å².